The van der Waals surface area contributed by atoms with Crippen LogP contribution >= 0.6 is 0 Å². The molecule has 0 radical (unpaired) electrons. The Morgan fingerprint density at radius 1 is 0.792 bits per heavy atom. The van der Waals surface area contributed by atoms with Gasteiger partial charge in [0.25, 0.3) is 0 Å². The zero-order chi connectivity index (χ0) is 18.9. The molecule has 134 valence electrons. The Hall–Kier alpha value is -2.64. The molecule has 0 bridgehead atoms. The molecule has 0 spiro atoms. The van der Waals surface area contributed by atoms with Crippen molar-refractivity contribution in [1.82, 2.24) is 10.6 Å². The Labute approximate surface area is 141 Å². The highest BCUT2D eigenvalue weighted by Crippen LogP contribution is 1.97. The normalized spacial score (nSPS) is 12.3. The van der Waals surface area contributed by atoms with Crippen molar-refractivity contribution in [3.63, 3.8) is 0 Å². The van der Waals surface area contributed by atoms with Gasteiger partial charge in [-0.25, -0.2) is 9.59 Å². The number of rotatable bonds is 8. The van der Waals surface area contributed by atoms with Crippen LogP contribution in [0.15, 0.2) is 24.3 Å². The van der Waals surface area contributed by atoms with Gasteiger partial charge in [-0.1, -0.05) is 13.2 Å². The van der Waals surface area contributed by atoms with Gasteiger partial charge < -0.3 is 20.1 Å². The Morgan fingerprint density at radius 2 is 1.08 bits per heavy atom. The van der Waals surface area contributed by atoms with E-state index in [1.54, 1.807) is 0 Å². The molecule has 0 aliphatic rings. The standard InChI is InChI=1S/C16H24N2O6/c1-9(2)13(19)17-7-11(5)23-15(21)16(22)24-12(6)8-18-14(20)10(3)4/h11-12H,1,3,7-8H2,2,4-6H3,(H,17,19)(H,18,20). The van der Waals surface area contributed by atoms with Crippen molar-refractivity contribution in [1.29, 1.82) is 0 Å². The number of esters is 2. The second kappa shape index (κ2) is 10.2. The van der Waals surface area contributed by atoms with Crippen LogP contribution in [0.3, 0.4) is 0 Å². The fourth-order valence-corrected chi connectivity index (χ4v) is 1.32. The highest BCUT2D eigenvalue weighted by molar-refractivity contribution is 6.29. The summed E-state index contributed by atoms with van der Waals surface area (Å²) in [7, 11) is 0. The van der Waals surface area contributed by atoms with Crippen LogP contribution in [-0.4, -0.2) is 49.1 Å². The lowest BCUT2D eigenvalue weighted by Crippen LogP contribution is -2.37. The quantitative estimate of drug-likeness (QED) is 0.372. The van der Waals surface area contributed by atoms with Gasteiger partial charge in [0.2, 0.25) is 11.8 Å². The fraction of sp³-hybridized carbons (Fsp3) is 0.500. The predicted molar refractivity (Wildman–Crippen MR) is 86.8 cm³/mol. The van der Waals surface area contributed by atoms with E-state index in [2.05, 4.69) is 23.8 Å². The summed E-state index contributed by atoms with van der Waals surface area (Å²) in [5.74, 6) is -3.10. The minimum Gasteiger partial charge on any atom is -0.452 e. The Balaban J connectivity index is 4.20. The molecule has 0 aromatic rings. The highest BCUT2D eigenvalue weighted by atomic mass is 16.6. The van der Waals surface area contributed by atoms with E-state index in [4.69, 9.17) is 9.47 Å². The Morgan fingerprint density at radius 3 is 1.33 bits per heavy atom. The van der Waals surface area contributed by atoms with Crippen LogP contribution in [0.4, 0.5) is 0 Å². The smallest absolute Gasteiger partial charge is 0.417 e. The summed E-state index contributed by atoms with van der Waals surface area (Å²) in [5.41, 5.74) is 0.636. The van der Waals surface area contributed by atoms with E-state index in [-0.39, 0.29) is 24.9 Å². The summed E-state index contributed by atoms with van der Waals surface area (Å²) in [6, 6.07) is 0. The lowest BCUT2D eigenvalue weighted by Gasteiger charge is -2.16. The minimum absolute atomic E-state index is 0.0366. The zero-order valence-corrected chi connectivity index (χ0v) is 14.4. The van der Waals surface area contributed by atoms with Crippen molar-refractivity contribution < 1.29 is 28.7 Å². The second-order valence-electron chi connectivity index (χ2n) is 5.41. The molecular weight excluding hydrogens is 316 g/mol. The van der Waals surface area contributed by atoms with Crippen molar-refractivity contribution in [3.8, 4) is 0 Å². The van der Waals surface area contributed by atoms with Gasteiger partial charge in [-0.05, 0) is 27.7 Å². The molecule has 8 nitrogen and oxygen atoms in total. The molecule has 24 heavy (non-hydrogen) atoms. The molecule has 8 heteroatoms. The molecule has 0 rings (SSSR count). The first kappa shape index (κ1) is 21.4. The zero-order valence-electron chi connectivity index (χ0n) is 14.4. The SMILES string of the molecule is C=C(C)C(=O)NCC(C)OC(=O)C(=O)OC(C)CNC(=O)C(=C)C. The number of hydrogen-bond donors (Lipinski definition) is 2. The molecule has 2 N–H and O–H groups in total. The molecule has 0 aliphatic heterocycles. The van der Waals surface area contributed by atoms with E-state index >= 15 is 0 Å². The molecule has 2 amide bonds. The fourth-order valence-electron chi connectivity index (χ4n) is 1.32. The second-order valence-corrected chi connectivity index (χ2v) is 5.41. The van der Waals surface area contributed by atoms with E-state index in [9.17, 15) is 19.2 Å². The van der Waals surface area contributed by atoms with Crippen LogP contribution in [-0.2, 0) is 28.7 Å². The molecule has 2 atom stereocenters. The van der Waals surface area contributed by atoms with E-state index < -0.39 is 24.1 Å². The number of amides is 2. The van der Waals surface area contributed by atoms with Gasteiger partial charge in [-0.15, -0.1) is 0 Å². The van der Waals surface area contributed by atoms with Gasteiger partial charge in [0.15, 0.2) is 0 Å². The summed E-state index contributed by atoms with van der Waals surface area (Å²) < 4.78 is 9.70. The molecule has 0 fully saturated rings. The third kappa shape index (κ3) is 8.72. The number of carbonyl (C=O) groups excluding carboxylic acids is 4. The average molecular weight is 340 g/mol. The van der Waals surface area contributed by atoms with Crippen molar-refractivity contribution in [2.45, 2.75) is 39.9 Å². The van der Waals surface area contributed by atoms with Gasteiger partial charge in [-0.2, -0.15) is 0 Å². The lowest BCUT2D eigenvalue weighted by molar-refractivity contribution is -0.173. The van der Waals surface area contributed by atoms with Gasteiger partial charge in [-0.3, -0.25) is 9.59 Å². The third-order valence-corrected chi connectivity index (χ3v) is 2.66. The summed E-state index contributed by atoms with van der Waals surface area (Å²) in [5, 5.41) is 4.97. The van der Waals surface area contributed by atoms with Gasteiger partial charge >= 0.3 is 11.9 Å². The number of carbonyl (C=O) groups is 4. The van der Waals surface area contributed by atoms with Gasteiger partial charge in [0.05, 0.1) is 13.1 Å². The topological polar surface area (TPSA) is 111 Å². The number of ether oxygens (including phenoxy) is 2. The van der Waals surface area contributed by atoms with Crippen LogP contribution in [0.2, 0.25) is 0 Å². The third-order valence-electron chi connectivity index (χ3n) is 2.66. The maximum Gasteiger partial charge on any atom is 0.417 e. The van der Waals surface area contributed by atoms with Crippen LogP contribution in [0.25, 0.3) is 0 Å². The van der Waals surface area contributed by atoms with E-state index in [1.807, 2.05) is 0 Å². The highest BCUT2D eigenvalue weighted by Gasteiger charge is 2.23. The monoisotopic (exact) mass is 340 g/mol. The van der Waals surface area contributed by atoms with E-state index in [0.29, 0.717) is 11.1 Å². The first-order valence-electron chi connectivity index (χ1n) is 7.33. The lowest BCUT2D eigenvalue weighted by atomic mass is 10.3. The Bertz CT molecular complexity index is 493. The van der Waals surface area contributed by atoms with Crippen molar-refractivity contribution in [2.24, 2.45) is 0 Å². The molecule has 0 heterocycles. The minimum atomic E-state index is -1.18. The van der Waals surface area contributed by atoms with E-state index in [1.165, 1.54) is 27.7 Å². The van der Waals surface area contributed by atoms with Crippen molar-refractivity contribution in [2.75, 3.05) is 13.1 Å². The molecule has 0 aromatic carbocycles. The maximum absolute atomic E-state index is 11.6. The van der Waals surface area contributed by atoms with Crippen LogP contribution in [0.5, 0.6) is 0 Å². The summed E-state index contributed by atoms with van der Waals surface area (Å²) in [6.45, 7) is 13.1. The number of hydrogen-bond acceptors (Lipinski definition) is 6. The van der Waals surface area contributed by atoms with Crippen LogP contribution in [0.1, 0.15) is 27.7 Å². The average Bonchev–Trinajstić information content (AvgIpc) is 2.49. The first-order valence-corrected chi connectivity index (χ1v) is 7.33. The molecule has 0 saturated heterocycles. The van der Waals surface area contributed by atoms with Crippen LogP contribution < -0.4 is 10.6 Å². The molecular formula is C16H24N2O6. The first-order chi connectivity index (χ1) is 11.0. The maximum atomic E-state index is 11.6. The molecule has 2 unspecified atom stereocenters. The predicted octanol–water partition coefficient (Wildman–Crippen LogP) is 0.234. The van der Waals surface area contributed by atoms with Crippen LogP contribution in [0, 0.1) is 0 Å². The number of nitrogens with one attached hydrogen (secondary N) is 2. The van der Waals surface area contributed by atoms with Gasteiger partial charge in [0.1, 0.15) is 12.2 Å². The molecule has 0 aromatic heterocycles. The summed E-state index contributed by atoms with van der Waals surface area (Å²) in [4.78, 5) is 45.8. The van der Waals surface area contributed by atoms with Crippen molar-refractivity contribution >= 4 is 23.8 Å². The summed E-state index contributed by atoms with van der Waals surface area (Å²) in [6.07, 6.45) is -1.43. The summed E-state index contributed by atoms with van der Waals surface area (Å²) >= 11 is 0. The van der Waals surface area contributed by atoms with E-state index in [0.717, 1.165) is 0 Å². The largest absolute Gasteiger partial charge is 0.452 e. The molecule has 0 saturated carbocycles. The Kier molecular flexibility index (Phi) is 9.07. The molecule has 0 aliphatic carbocycles. The van der Waals surface area contributed by atoms with Crippen molar-refractivity contribution in [3.05, 3.63) is 24.3 Å². The van der Waals surface area contributed by atoms with Gasteiger partial charge in [0, 0.05) is 11.1 Å².